The van der Waals surface area contributed by atoms with Crippen LogP contribution in [0.15, 0.2) is 40.9 Å². The molecule has 0 saturated heterocycles. The van der Waals surface area contributed by atoms with E-state index < -0.39 is 0 Å². The molecule has 0 unspecified atom stereocenters. The standard InChI is InChI=1S/C21H24ClN3O3/c1-13(2)16-7-5-14(3)9-20(16)27-12-15-6-8-19(28-15)21(26)23-11-18-17(22)10-24-25(18)4/h5-10,13H,11-12H2,1-4H3,(H,23,26). The van der Waals surface area contributed by atoms with Crippen molar-refractivity contribution in [2.45, 2.75) is 39.8 Å². The smallest absolute Gasteiger partial charge is 0.287 e. The SMILES string of the molecule is Cc1ccc(C(C)C)c(OCc2ccc(C(=O)NCc3c(Cl)cnn3C)o2)c1. The number of aryl methyl sites for hydroxylation is 2. The zero-order valence-corrected chi connectivity index (χ0v) is 17.2. The van der Waals surface area contributed by atoms with Gasteiger partial charge < -0.3 is 14.5 Å². The van der Waals surface area contributed by atoms with E-state index in [2.05, 4.69) is 36.4 Å². The van der Waals surface area contributed by atoms with Crippen molar-refractivity contribution < 1.29 is 13.9 Å². The number of hydrogen-bond donors (Lipinski definition) is 1. The molecule has 0 atom stereocenters. The lowest BCUT2D eigenvalue weighted by atomic mass is 10.0. The van der Waals surface area contributed by atoms with Crippen LogP contribution in [-0.2, 0) is 20.2 Å². The van der Waals surface area contributed by atoms with E-state index in [0.717, 1.165) is 22.6 Å². The number of nitrogens with zero attached hydrogens (tertiary/aromatic N) is 2. The number of benzene rings is 1. The van der Waals surface area contributed by atoms with Crippen molar-refractivity contribution >= 4 is 17.5 Å². The molecule has 2 aromatic heterocycles. The lowest BCUT2D eigenvalue weighted by molar-refractivity contribution is 0.0918. The number of carbonyl (C=O) groups excluding carboxylic acids is 1. The van der Waals surface area contributed by atoms with Gasteiger partial charge in [-0.25, -0.2) is 0 Å². The van der Waals surface area contributed by atoms with E-state index in [-0.39, 0.29) is 24.8 Å². The fourth-order valence-electron chi connectivity index (χ4n) is 2.86. The van der Waals surface area contributed by atoms with E-state index >= 15 is 0 Å². The first-order chi connectivity index (χ1) is 13.3. The Morgan fingerprint density at radius 2 is 2.11 bits per heavy atom. The summed E-state index contributed by atoms with van der Waals surface area (Å²) >= 11 is 6.05. The zero-order chi connectivity index (χ0) is 20.3. The second kappa shape index (κ2) is 8.52. The molecule has 0 aliphatic rings. The Bertz CT molecular complexity index is 956. The van der Waals surface area contributed by atoms with Crippen LogP contribution in [0, 0.1) is 6.92 Å². The summed E-state index contributed by atoms with van der Waals surface area (Å²) in [5, 5.41) is 7.34. The van der Waals surface area contributed by atoms with Gasteiger partial charge in [-0.3, -0.25) is 9.48 Å². The minimum absolute atomic E-state index is 0.227. The van der Waals surface area contributed by atoms with Crippen LogP contribution in [-0.4, -0.2) is 15.7 Å². The topological polar surface area (TPSA) is 69.3 Å². The van der Waals surface area contributed by atoms with Gasteiger partial charge in [0.05, 0.1) is 23.5 Å². The van der Waals surface area contributed by atoms with E-state index in [1.807, 2.05) is 13.0 Å². The first-order valence-corrected chi connectivity index (χ1v) is 9.49. The summed E-state index contributed by atoms with van der Waals surface area (Å²) in [6.45, 7) is 6.80. The molecule has 1 aromatic carbocycles. The second-order valence-electron chi connectivity index (χ2n) is 7.00. The minimum atomic E-state index is -0.318. The van der Waals surface area contributed by atoms with Gasteiger partial charge in [-0.2, -0.15) is 5.10 Å². The zero-order valence-electron chi connectivity index (χ0n) is 16.5. The molecule has 0 radical (unpaired) electrons. The first-order valence-electron chi connectivity index (χ1n) is 9.11. The highest BCUT2D eigenvalue weighted by atomic mass is 35.5. The molecule has 0 saturated carbocycles. The van der Waals surface area contributed by atoms with E-state index in [9.17, 15) is 4.79 Å². The van der Waals surface area contributed by atoms with Gasteiger partial charge in [0, 0.05) is 7.05 Å². The van der Waals surface area contributed by atoms with Gasteiger partial charge in [-0.1, -0.05) is 37.6 Å². The van der Waals surface area contributed by atoms with Crippen LogP contribution >= 0.6 is 11.6 Å². The van der Waals surface area contributed by atoms with Crippen molar-refractivity contribution in [1.29, 1.82) is 0 Å². The Morgan fingerprint density at radius 3 is 2.79 bits per heavy atom. The predicted octanol–water partition coefficient (Wildman–Crippen LogP) is 4.61. The summed E-state index contributed by atoms with van der Waals surface area (Å²) in [4.78, 5) is 12.3. The van der Waals surface area contributed by atoms with Crippen LogP contribution < -0.4 is 10.1 Å². The summed E-state index contributed by atoms with van der Waals surface area (Å²) in [5.41, 5.74) is 3.00. The molecular weight excluding hydrogens is 378 g/mol. The highest BCUT2D eigenvalue weighted by molar-refractivity contribution is 6.31. The molecule has 3 aromatic rings. The number of rotatable bonds is 7. The summed E-state index contributed by atoms with van der Waals surface area (Å²) in [6, 6.07) is 9.56. The van der Waals surface area contributed by atoms with Crippen molar-refractivity contribution in [3.8, 4) is 5.75 Å². The van der Waals surface area contributed by atoms with Crippen LogP contribution in [0.5, 0.6) is 5.75 Å². The molecule has 0 spiro atoms. The highest BCUT2D eigenvalue weighted by Gasteiger charge is 2.14. The Morgan fingerprint density at radius 1 is 1.32 bits per heavy atom. The number of halogens is 1. The lowest BCUT2D eigenvalue weighted by Crippen LogP contribution is -2.23. The summed E-state index contributed by atoms with van der Waals surface area (Å²) in [6.07, 6.45) is 1.54. The summed E-state index contributed by atoms with van der Waals surface area (Å²) in [7, 11) is 1.77. The van der Waals surface area contributed by atoms with Gasteiger partial charge in [0.2, 0.25) is 0 Å². The summed E-state index contributed by atoms with van der Waals surface area (Å²) < 4.78 is 13.2. The van der Waals surface area contributed by atoms with Gasteiger partial charge in [-0.15, -0.1) is 0 Å². The molecule has 0 aliphatic heterocycles. The van der Waals surface area contributed by atoms with Crippen LogP contribution in [0.3, 0.4) is 0 Å². The number of ether oxygens (including phenoxy) is 1. The molecule has 148 valence electrons. The van der Waals surface area contributed by atoms with E-state index in [0.29, 0.717) is 16.7 Å². The number of aromatic nitrogens is 2. The largest absolute Gasteiger partial charge is 0.485 e. The third kappa shape index (κ3) is 4.57. The molecule has 28 heavy (non-hydrogen) atoms. The van der Waals surface area contributed by atoms with Crippen molar-refractivity contribution in [3.05, 3.63) is 69.9 Å². The number of amides is 1. The van der Waals surface area contributed by atoms with E-state index in [4.69, 9.17) is 20.8 Å². The second-order valence-corrected chi connectivity index (χ2v) is 7.40. The average Bonchev–Trinajstić information content (AvgIpc) is 3.25. The molecule has 6 nitrogen and oxygen atoms in total. The number of hydrogen-bond acceptors (Lipinski definition) is 4. The number of nitrogens with one attached hydrogen (secondary N) is 1. The number of furan rings is 1. The monoisotopic (exact) mass is 401 g/mol. The van der Waals surface area contributed by atoms with Gasteiger partial charge in [0.1, 0.15) is 18.1 Å². The predicted molar refractivity (Wildman–Crippen MR) is 108 cm³/mol. The van der Waals surface area contributed by atoms with E-state index in [1.54, 1.807) is 30.1 Å². The normalized spacial score (nSPS) is 11.1. The quantitative estimate of drug-likeness (QED) is 0.627. The lowest BCUT2D eigenvalue weighted by Gasteiger charge is -2.14. The van der Waals surface area contributed by atoms with Crippen molar-refractivity contribution in [2.75, 3.05) is 0 Å². The van der Waals surface area contributed by atoms with Crippen LogP contribution in [0.1, 0.15) is 52.9 Å². The molecule has 1 N–H and O–H groups in total. The fourth-order valence-corrected chi connectivity index (χ4v) is 3.09. The third-order valence-corrected chi connectivity index (χ3v) is 4.79. The molecule has 1 amide bonds. The molecular formula is C21H24ClN3O3. The van der Waals surface area contributed by atoms with Crippen LogP contribution in [0.2, 0.25) is 5.02 Å². The van der Waals surface area contributed by atoms with Crippen LogP contribution in [0.25, 0.3) is 0 Å². The molecule has 3 rings (SSSR count). The Kier molecular flexibility index (Phi) is 6.09. The van der Waals surface area contributed by atoms with Crippen molar-refractivity contribution in [1.82, 2.24) is 15.1 Å². The molecule has 2 heterocycles. The van der Waals surface area contributed by atoms with Gasteiger partial charge in [-0.05, 0) is 42.2 Å². The maximum Gasteiger partial charge on any atom is 0.287 e. The molecule has 0 fully saturated rings. The minimum Gasteiger partial charge on any atom is -0.485 e. The van der Waals surface area contributed by atoms with Gasteiger partial charge in [0.15, 0.2) is 5.76 Å². The molecule has 0 bridgehead atoms. The first kappa shape index (κ1) is 20.0. The van der Waals surface area contributed by atoms with Gasteiger partial charge in [0.25, 0.3) is 5.91 Å². The summed E-state index contributed by atoms with van der Waals surface area (Å²) in [5.74, 6) is 1.68. The fraction of sp³-hybridized carbons (Fsp3) is 0.333. The van der Waals surface area contributed by atoms with E-state index in [1.165, 1.54) is 0 Å². The van der Waals surface area contributed by atoms with Gasteiger partial charge >= 0.3 is 0 Å². The maximum absolute atomic E-state index is 12.3. The van der Waals surface area contributed by atoms with Crippen molar-refractivity contribution in [3.63, 3.8) is 0 Å². The molecule has 7 heteroatoms. The Hall–Kier alpha value is -2.73. The Labute approximate surface area is 169 Å². The number of carbonyl (C=O) groups is 1. The third-order valence-electron chi connectivity index (χ3n) is 4.47. The Balaban J connectivity index is 1.61. The average molecular weight is 402 g/mol. The highest BCUT2D eigenvalue weighted by Crippen LogP contribution is 2.28. The molecule has 0 aliphatic carbocycles. The van der Waals surface area contributed by atoms with Crippen LogP contribution in [0.4, 0.5) is 0 Å². The maximum atomic E-state index is 12.3. The van der Waals surface area contributed by atoms with Crippen molar-refractivity contribution in [2.24, 2.45) is 7.05 Å².